The van der Waals surface area contributed by atoms with Crippen LogP contribution in [0.25, 0.3) is 0 Å². The fraction of sp³-hybridized carbons (Fsp3) is 0.600. The van der Waals surface area contributed by atoms with Crippen molar-refractivity contribution < 1.29 is 5.11 Å². The molecule has 2 rings (SSSR count). The van der Waals surface area contributed by atoms with Crippen LogP contribution >= 0.6 is 11.8 Å². The number of anilines is 2. The zero-order valence-electron chi connectivity index (χ0n) is 9.26. The summed E-state index contributed by atoms with van der Waals surface area (Å²) in [6, 6.07) is 1.79. The predicted molar refractivity (Wildman–Crippen MR) is 65.7 cm³/mol. The molecule has 0 saturated carbocycles. The lowest BCUT2D eigenvalue weighted by Crippen LogP contribution is -2.36. The van der Waals surface area contributed by atoms with Crippen LogP contribution in [0, 0.1) is 0 Å². The third-order valence-corrected chi connectivity index (χ3v) is 3.23. The Labute approximate surface area is 99.1 Å². The number of nitrogen functional groups attached to an aromatic ring is 1. The fourth-order valence-corrected chi connectivity index (χ4v) is 2.16. The second-order valence-corrected chi connectivity index (χ2v) is 4.63. The van der Waals surface area contributed by atoms with E-state index in [-0.39, 0.29) is 6.10 Å². The van der Waals surface area contributed by atoms with Gasteiger partial charge in [0.1, 0.15) is 11.6 Å². The molecular formula is C10H16N4OS. The summed E-state index contributed by atoms with van der Waals surface area (Å²) in [5.74, 6) is 1.37. The maximum Gasteiger partial charge on any atom is 0.191 e. The Hall–Kier alpha value is -1.01. The van der Waals surface area contributed by atoms with Crippen molar-refractivity contribution in [3.05, 3.63) is 6.07 Å². The van der Waals surface area contributed by atoms with Gasteiger partial charge in [0.05, 0.1) is 6.10 Å². The van der Waals surface area contributed by atoms with Crippen molar-refractivity contribution in [3.63, 3.8) is 0 Å². The van der Waals surface area contributed by atoms with Crippen molar-refractivity contribution in [3.8, 4) is 0 Å². The number of nitrogens with two attached hydrogens (primary N) is 1. The van der Waals surface area contributed by atoms with Gasteiger partial charge in [-0.15, -0.1) is 0 Å². The highest BCUT2D eigenvalue weighted by Gasteiger charge is 2.18. The van der Waals surface area contributed by atoms with Gasteiger partial charge >= 0.3 is 0 Å². The molecule has 0 radical (unpaired) electrons. The van der Waals surface area contributed by atoms with E-state index in [1.54, 1.807) is 6.07 Å². The van der Waals surface area contributed by atoms with E-state index < -0.39 is 0 Å². The summed E-state index contributed by atoms with van der Waals surface area (Å²) < 4.78 is 0. The lowest BCUT2D eigenvalue weighted by atomic mass is 10.1. The molecular weight excluding hydrogens is 224 g/mol. The minimum Gasteiger partial charge on any atom is -0.393 e. The predicted octanol–water partition coefficient (Wildman–Crippen LogP) is 0.742. The van der Waals surface area contributed by atoms with Crippen LogP contribution in [0.4, 0.5) is 11.6 Å². The van der Waals surface area contributed by atoms with Crippen LogP contribution in [-0.4, -0.2) is 40.5 Å². The monoisotopic (exact) mass is 240 g/mol. The number of thioether (sulfide) groups is 1. The van der Waals surface area contributed by atoms with E-state index in [0.29, 0.717) is 11.0 Å². The van der Waals surface area contributed by atoms with Gasteiger partial charge in [-0.05, 0) is 19.1 Å². The van der Waals surface area contributed by atoms with E-state index in [2.05, 4.69) is 14.9 Å². The number of nitrogens with zero attached hydrogens (tertiary/aromatic N) is 3. The van der Waals surface area contributed by atoms with Crippen LogP contribution in [0.5, 0.6) is 0 Å². The second-order valence-electron chi connectivity index (χ2n) is 3.86. The maximum absolute atomic E-state index is 9.44. The number of aliphatic hydroxyl groups excluding tert-OH is 1. The topological polar surface area (TPSA) is 75.3 Å². The average molecular weight is 240 g/mol. The molecule has 1 aromatic rings. The first-order valence-electron chi connectivity index (χ1n) is 5.30. The zero-order chi connectivity index (χ0) is 11.5. The van der Waals surface area contributed by atoms with Crippen LogP contribution in [0.1, 0.15) is 12.8 Å². The molecule has 2 heterocycles. The molecule has 0 atom stereocenters. The van der Waals surface area contributed by atoms with Crippen molar-refractivity contribution in [2.24, 2.45) is 0 Å². The van der Waals surface area contributed by atoms with Gasteiger partial charge in [-0.3, -0.25) is 0 Å². The molecule has 0 unspecified atom stereocenters. The zero-order valence-corrected chi connectivity index (χ0v) is 10.1. The van der Waals surface area contributed by atoms with Crippen molar-refractivity contribution in [2.75, 3.05) is 30.0 Å². The van der Waals surface area contributed by atoms with Crippen molar-refractivity contribution in [2.45, 2.75) is 24.1 Å². The van der Waals surface area contributed by atoms with Gasteiger partial charge < -0.3 is 15.7 Å². The smallest absolute Gasteiger partial charge is 0.191 e. The standard InChI is InChI=1S/C10H16N4OS/c1-16-10-12-8(11)6-9(13-10)14-4-2-7(15)3-5-14/h6-7,15H,2-5H2,1H3,(H2,11,12,13). The molecule has 5 nitrogen and oxygen atoms in total. The van der Waals surface area contributed by atoms with Crippen LogP contribution in [0.2, 0.25) is 0 Å². The van der Waals surface area contributed by atoms with E-state index in [4.69, 9.17) is 5.73 Å². The van der Waals surface area contributed by atoms with E-state index in [1.165, 1.54) is 11.8 Å². The highest BCUT2D eigenvalue weighted by molar-refractivity contribution is 7.98. The van der Waals surface area contributed by atoms with Gasteiger partial charge in [0, 0.05) is 19.2 Å². The molecule has 1 fully saturated rings. The first-order valence-corrected chi connectivity index (χ1v) is 6.53. The van der Waals surface area contributed by atoms with Crippen LogP contribution in [-0.2, 0) is 0 Å². The molecule has 6 heteroatoms. The Morgan fingerprint density at radius 3 is 2.75 bits per heavy atom. The molecule has 16 heavy (non-hydrogen) atoms. The van der Waals surface area contributed by atoms with E-state index in [9.17, 15) is 5.11 Å². The quantitative estimate of drug-likeness (QED) is 0.586. The van der Waals surface area contributed by atoms with Crippen LogP contribution < -0.4 is 10.6 Å². The Morgan fingerprint density at radius 1 is 1.44 bits per heavy atom. The Kier molecular flexibility index (Phi) is 3.50. The summed E-state index contributed by atoms with van der Waals surface area (Å²) >= 11 is 1.48. The summed E-state index contributed by atoms with van der Waals surface area (Å²) in [6.07, 6.45) is 3.34. The molecule has 0 aliphatic carbocycles. The van der Waals surface area contributed by atoms with Crippen LogP contribution in [0.3, 0.4) is 0 Å². The van der Waals surface area contributed by atoms with Crippen molar-refractivity contribution >= 4 is 23.4 Å². The minimum absolute atomic E-state index is 0.171. The Balaban J connectivity index is 2.16. The van der Waals surface area contributed by atoms with Gasteiger partial charge in [0.2, 0.25) is 0 Å². The van der Waals surface area contributed by atoms with Gasteiger partial charge in [0.25, 0.3) is 0 Å². The Bertz CT molecular complexity index is 366. The molecule has 0 spiro atoms. The lowest BCUT2D eigenvalue weighted by molar-refractivity contribution is 0.145. The molecule has 1 aliphatic rings. The normalized spacial score (nSPS) is 17.8. The van der Waals surface area contributed by atoms with Crippen molar-refractivity contribution in [1.29, 1.82) is 0 Å². The van der Waals surface area contributed by atoms with E-state index in [1.807, 2.05) is 6.26 Å². The highest BCUT2D eigenvalue weighted by Crippen LogP contribution is 2.22. The first-order chi connectivity index (χ1) is 7.69. The Morgan fingerprint density at radius 2 is 2.12 bits per heavy atom. The average Bonchev–Trinajstić information content (AvgIpc) is 2.29. The molecule has 1 saturated heterocycles. The molecule has 1 aliphatic heterocycles. The summed E-state index contributed by atoms with van der Waals surface area (Å²) in [7, 11) is 0. The molecule has 1 aromatic heterocycles. The number of aromatic nitrogens is 2. The van der Waals surface area contributed by atoms with Gasteiger partial charge in [0.15, 0.2) is 5.16 Å². The summed E-state index contributed by atoms with van der Waals surface area (Å²) in [6.45, 7) is 1.65. The SMILES string of the molecule is CSc1nc(N)cc(N2CCC(O)CC2)n1. The van der Waals surface area contributed by atoms with E-state index in [0.717, 1.165) is 31.7 Å². The molecule has 88 valence electrons. The summed E-state index contributed by atoms with van der Waals surface area (Å²) in [4.78, 5) is 10.7. The molecule has 3 N–H and O–H groups in total. The number of piperidine rings is 1. The second kappa shape index (κ2) is 4.88. The van der Waals surface area contributed by atoms with E-state index >= 15 is 0 Å². The molecule has 0 aromatic carbocycles. The molecule has 0 bridgehead atoms. The lowest BCUT2D eigenvalue weighted by Gasteiger charge is -2.30. The van der Waals surface area contributed by atoms with Gasteiger partial charge in [-0.2, -0.15) is 0 Å². The number of hydrogen-bond donors (Lipinski definition) is 2. The summed E-state index contributed by atoms with van der Waals surface area (Å²) in [5.41, 5.74) is 5.73. The minimum atomic E-state index is -0.171. The third-order valence-electron chi connectivity index (χ3n) is 2.68. The summed E-state index contributed by atoms with van der Waals surface area (Å²) in [5, 5.41) is 10.1. The van der Waals surface area contributed by atoms with Crippen LogP contribution in [0.15, 0.2) is 11.2 Å². The number of aliphatic hydroxyl groups is 1. The highest BCUT2D eigenvalue weighted by atomic mass is 32.2. The molecule has 0 amide bonds. The van der Waals surface area contributed by atoms with Gasteiger partial charge in [-0.25, -0.2) is 9.97 Å². The van der Waals surface area contributed by atoms with Gasteiger partial charge in [-0.1, -0.05) is 11.8 Å². The fourth-order valence-electron chi connectivity index (χ4n) is 1.78. The van der Waals surface area contributed by atoms with Crippen molar-refractivity contribution in [1.82, 2.24) is 9.97 Å². The number of rotatable bonds is 2. The number of hydrogen-bond acceptors (Lipinski definition) is 6. The third kappa shape index (κ3) is 2.56. The largest absolute Gasteiger partial charge is 0.393 e. The first kappa shape index (κ1) is 11.5. The maximum atomic E-state index is 9.44.